The lowest BCUT2D eigenvalue weighted by Crippen LogP contribution is -2.35. The molecule has 1 saturated heterocycles. The van der Waals surface area contributed by atoms with Crippen LogP contribution < -0.4 is 10.2 Å². The summed E-state index contributed by atoms with van der Waals surface area (Å²) in [6.45, 7) is 10.9. The molecule has 0 aliphatic carbocycles. The lowest BCUT2D eigenvalue weighted by atomic mass is 9.98. The summed E-state index contributed by atoms with van der Waals surface area (Å²) in [7, 11) is 0. The first-order valence-corrected chi connectivity index (χ1v) is 8.85. The fraction of sp³-hybridized carbons (Fsp3) is 0.526. The van der Waals surface area contributed by atoms with Crippen molar-refractivity contribution in [1.82, 2.24) is 15.2 Å². The summed E-state index contributed by atoms with van der Waals surface area (Å²) in [5, 5.41) is 11.8. The predicted molar refractivity (Wildman–Crippen MR) is 99.0 cm³/mol. The Kier molecular flexibility index (Phi) is 4.97. The summed E-state index contributed by atoms with van der Waals surface area (Å²) in [5.74, 6) is 2.63. The normalized spacial score (nSPS) is 18.0. The first kappa shape index (κ1) is 16.7. The zero-order valence-electron chi connectivity index (χ0n) is 15.1. The molecule has 1 aliphatic heterocycles. The molecule has 1 unspecified atom stereocenters. The molecule has 0 bridgehead atoms. The van der Waals surface area contributed by atoms with Gasteiger partial charge in [-0.2, -0.15) is 10.1 Å². The second-order valence-electron chi connectivity index (χ2n) is 7.15. The molecule has 1 aromatic heterocycles. The summed E-state index contributed by atoms with van der Waals surface area (Å²) < 4.78 is 0. The summed E-state index contributed by atoms with van der Waals surface area (Å²) in [6.07, 6.45) is 4.27. The molecule has 0 amide bonds. The second kappa shape index (κ2) is 7.16. The van der Waals surface area contributed by atoms with E-state index in [9.17, 15) is 0 Å². The molecular weight excluding hydrogens is 298 g/mol. The van der Waals surface area contributed by atoms with Crippen molar-refractivity contribution in [2.45, 2.75) is 46.5 Å². The number of anilines is 3. The minimum Gasteiger partial charge on any atom is -0.355 e. The molecule has 1 aliphatic rings. The molecule has 3 rings (SSSR count). The molecule has 1 atom stereocenters. The smallest absolute Gasteiger partial charge is 0.249 e. The average Bonchev–Trinajstić information content (AvgIpc) is 2.57. The maximum absolute atomic E-state index is 4.71. The van der Waals surface area contributed by atoms with Crippen LogP contribution in [0.2, 0.25) is 0 Å². The van der Waals surface area contributed by atoms with Crippen molar-refractivity contribution in [3.63, 3.8) is 0 Å². The second-order valence-corrected chi connectivity index (χ2v) is 7.15. The zero-order chi connectivity index (χ0) is 17.1. The van der Waals surface area contributed by atoms with Gasteiger partial charge in [0, 0.05) is 18.8 Å². The van der Waals surface area contributed by atoms with Crippen LogP contribution >= 0.6 is 0 Å². The van der Waals surface area contributed by atoms with Gasteiger partial charge in [-0.05, 0) is 42.7 Å². The van der Waals surface area contributed by atoms with E-state index in [1.807, 2.05) is 0 Å². The number of hydrogen-bond acceptors (Lipinski definition) is 5. The van der Waals surface area contributed by atoms with Crippen molar-refractivity contribution in [3.05, 3.63) is 35.5 Å². The Morgan fingerprint density at radius 3 is 2.88 bits per heavy atom. The molecule has 128 valence electrons. The minimum absolute atomic E-state index is 0.437. The first-order valence-electron chi connectivity index (χ1n) is 8.85. The quantitative estimate of drug-likeness (QED) is 0.909. The third-order valence-corrected chi connectivity index (χ3v) is 4.69. The fourth-order valence-corrected chi connectivity index (χ4v) is 3.35. The molecule has 2 aromatic rings. The molecule has 2 heterocycles. The van der Waals surface area contributed by atoms with Gasteiger partial charge in [-0.25, -0.2) is 0 Å². The molecule has 1 aromatic carbocycles. The van der Waals surface area contributed by atoms with Crippen LogP contribution in [-0.2, 0) is 0 Å². The number of hydrogen-bond donors (Lipinski definition) is 1. The molecular formula is C19H27N5. The van der Waals surface area contributed by atoms with E-state index in [2.05, 4.69) is 66.3 Å². The average molecular weight is 325 g/mol. The third-order valence-electron chi connectivity index (χ3n) is 4.69. The summed E-state index contributed by atoms with van der Waals surface area (Å²) >= 11 is 0. The standard InChI is InChI=1S/C19H27N5/c1-13(2)16-9-5-8-15(4)18(16)22-19-21-17(11-20-23-19)24-10-6-7-14(3)12-24/h5,8-9,11,13-14H,6-7,10,12H2,1-4H3,(H,21,22,23). The summed E-state index contributed by atoms with van der Waals surface area (Å²) in [4.78, 5) is 7.02. The molecule has 0 radical (unpaired) electrons. The van der Waals surface area contributed by atoms with Gasteiger partial charge in [-0.1, -0.05) is 39.0 Å². The Labute approximate surface area is 144 Å². The van der Waals surface area contributed by atoms with Gasteiger partial charge in [0.05, 0.1) is 6.20 Å². The summed E-state index contributed by atoms with van der Waals surface area (Å²) in [5.41, 5.74) is 3.57. The largest absolute Gasteiger partial charge is 0.355 e. The molecule has 24 heavy (non-hydrogen) atoms. The van der Waals surface area contributed by atoms with E-state index in [1.54, 1.807) is 6.20 Å². The maximum atomic E-state index is 4.71. The highest BCUT2D eigenvalue weighted by Crippen LogP contribution is 2.29. The van der Waals surface area contributed by atoms with Crippen LogP contribution in [0.1, 0.15) is 50.7 Å². The molecule has 5 nitrogen and oxygen atoms in total. The SMILES string of the molecule is Cc1cccc(C(C)C)c1Nc1nncc(N2CCCC(C)C2)n1. The van der Waals surface area contributed by atoms with Crippen LogP contribution in [0.3, 0.4) is 0 Å². The van der Waals surface area contributed by atoms with Crippen LogP contribution in [0.4, 0.5) is 17.5 Å². The number of benzene rings is 1. The van der Waals surface area contributed by atoms with Gasteiger partial charge in [-0.15, -0.1) is 5.10 Å². The zero-order valence-corrected chi connectivity index (χ0v) is 15.1. The van der Waals surface area contributed by atoms with Crippen molar-refractivity contribution in [1.29, 1.82) is 0 Å². The van der Waals surface area contributed by atoms with Crippen LogP contribution in [0.25, 0.3) is 0 Å². The lowest BCUT2D eigenvalue weighted by molar-refractivity contribution is 0.444. The Hall–Kier alpha value is -2.17. The Morgan fingerprint density at radius 1 is 1.29 bits per heavy atom. The fourth-order valence-electron chi connectivity index (χ4n) is 3.35. The van der Waals surface area contributed by atoms with Crippen LogP contribution in [-0.4, -0.2) is 28.3 Å². The summed E-state index contributed by atoms with van der Waals surface area (Å²) in [6, 6.07) is 6.36. The van der Waals surface area contributed by atoms with Crippen molar-refractivity contribution in [2.75, 3.05) is 23.3 Å². The van der Waals surface area contributed by atoms with Gasteiger partial charge >= 0.3 is 0 Å². The number of aryl methyl sites for hydroxylation is 1. The molecule has 0 spiro atoms. The van der Waals surface area contributed by atoms with Gasteiger partial charge < -0.3 is 10.2 Å². The van der Waals surface area contributed by atoms with Gasteiger partial charge in [0.25, 0.3) is 0 Å². The van der Waals surface area contributed by atoms with Crippen LogP contribution in [0.5, 0.6) is 0 Å². The van der Waals surface area contributed by atoms with E-state index in [0.29, 0.717) is 17.8 Å². The van der Waals surface area contributed by atoms with E-state index in [0.717, 1.165) is 24.6 Å². The van der Waals surface area contributed by atoms with E-state index in [1.165, 1.54) is 24.0 Å². The van der Waals surface area contributed by atoms with Crippen molar-refractivity contribution < 1.29 is 0 Å². The molecule has 5 heteroatoms. The molecule has 1 fully saturated rings. The van der Waals surface area contributed by atoms with Gasteiger partial charge in [0.1, 0.15) is 0 Å². The van der Waals surface area contributed by atoms with Crippen molar-refractivity contribution >= 4 is 17.5 Å². The Balaban J connectivity index is 1.85. The first-order chi connectivity index (χ1) is 11.5. The van der Waals surface area contributed by atoms with Gasteiger partial charge in [0.15, 0.2) is 5.82 Å². The number of nitrogens with zero attached hydrogens (tertiary/aromatic N) is 4. The molecule has 0 saturated carbocycles. The van der Waals surface area contributed by atoms with E-state index < -0.39 is 0 Å². The number of para-hydroxylation sites is 1. The maximum Gasteiger partial charge on any atom is 0.249 e. The van der Waals surface area contributed by atoms with Crippen LogP contribution in [0.15, 0.2) is 24.4 Å². The van der Waals surface area contributed by atoms with Crippen molar-refractivity contribution in [3.8, 4) is 0 Å². The van der Waals surface area contributed by atoms with Gasteiger partial charge in [0.2, 0.25) is 5.95 Å². The van der Waals surface area contributed by atoms with Crippen molar-refractivity contribution in [2.24, 2.45) is 5.92 Å². The highest BCUT2D eigenvalue weighted by atomic mass is 15.3. The Morgan fingerprint density at radius 2 is 2.12 bits per heavy atom. The van der Waals surface area contributed by atoms with E-state index >= 15 is 0 Å². The Bertz CT molecular complexity index is 698. The topological polar surface area (TPSA) is 53.9 Å². The minimum atomic E-state index is 0.437. The number of aromatic nitrogens is 3. The monoisotopic (exact) mass is 325 g/mol. The molecule has 1 N–H and O–H groups in total. The highest BCUT2D eigenvalue weighted by molar-refractivity contribution is 5.64. The lowest BCUT2D eigenvalue weighted by Gasteiger charge is -2.31. The number of nitrogens with one attached hydrogen (secondary N) is 1. The van der Waals surface area contributed by atoms with Crippen LogP contribution in [0, 0.1) is 12.8 Å². The van der Waals surface area contributed by atoms with Gasteiger partial charge in [-0.3, -0.25) is 0 Å². The van der Waals surface area contributed by atoms with E-state index in [-0.39, 0.29) is 0 Å². The highest BCUT2D eigenvalue weighted by Gasteiger charge is 2.19. The predicted octanol–water partition coefficient (Wildman–Crippen LogP) is 4.28. The number of rotatable bonds is 4. The van der Waals surface area contributed by atoms with E-state index in [4.69, 9.17) is 4.98 Å². The third kappa shape index (κ3) is 3.66. The number of piperidine rings is 1.